The minimum absolute atomic E-state index is 0.0104. The van der Waals surface area contributed by atoms with Gasteiger partial charge in [-0.3, -0.25) is 9.59 Å². The maximum Gasteiger partial charge on any atom is 0.243 e. The summed E-state index contributed by atoms with van der Waals surface area (Å²) in [7, 11) is 0. The van der Waals surface area contributed by atoms with Crippen LogP contribution in [-0.4, -0.2) is 34.6 Å². The molecular formula is C30H34Cl2N2O2S. The number of nitrogens with zero attached hydrogens (tertiary/aromatic N) is 1. The molecule has 2 amide bonds. The van der Waals surface area contributed by atoms with Crippen molar-refractivity contribution in [3.63, 3.8) is 0 Å². The highest BCUT2D eigenvalue weighted by molar-refractivity contribution is 7.99. The summed E-state index contributed by atoms with van der Waals surface area (Å²) in [5, 5.41) is 4.03. The molecule has 3 aromatic carbocycles. The average molecular weight is 558 g/mol. The predicted molar refractivity (Wildman–Crippen MR) is 155 cm³/mol. The highest BCUT2D eigenvalue weighted by atomic mass is 35.5. The number of rotatable bonds is 12. The van der Waals surface area contributed by atoms with E-state index in [-0.39, 0.29) is 30.8 Å². The molecule has 0 aliphatic heterocycles. The van der Waals surface area contributed by atoms with Gasteiger partial charge in [0.25, 0.3) is 0 Å². The van der Waals surface area contributed by atoms with E-state index in [0.29, 0.717) is 27.8 Å². The van der Waals surface area contributed by atoms with Crippen LogP contribution in [0.25, 0.3) is 0 Å². The van der Waals surface area contributed by atoms with E-state index in [2.05, 4.69) is 29.6 Å². The van der Waals surface area contributed by atoms with E-state index in [1.54, 1.807) is 34.9 Å². The number of benzene rings is 3. The third-order valence-corrected chi connectivity index (χ3v) is 7.99. The molecule has 37 heavy (non-hydrogen) atoms. The maximum absolute atomic E-state index is 13.8. The second-order valence-corrected chi connectivity index (χ2v) is 11.1. The minimum Gasteiger partial charge on any atom is -0.352 e. The van der Waals surface area contributed by atoms with Crippen LogP contribution in [0.2, 0.25) is 10.0 Å². The largest absolute Gasteiger partial charge is 0.352 e. The molecule has 3 aromatic rings. The fourth-order valence-corrected chi connectivity index (χ4v) is 5.24. The zero-order chi connectivity index (χ0) is 26.8. The van der Waals surface area contributed by atoms with E-state index in [0.717, 1.165) is 16.9 Å². The van der Waals surface area contributed by atoms with E-state index < -0.39 is 6.04 Å². The van der Waals surface area contributed by atoms with Crippen LogP contribution in [0, 0.1) is 6.92 Å². The molecule has 0 fully saturated rings. The monoisotopic (exact) mass is 556 g/mol. The van der Waals surface area contributed by atoms with Gasteiger partial charge < -0.3 is 10.2 Å². The van der Waals surface area contributed by atoms with Gasteiger partial charge in [-0.05, 0) is 50.1 Å². The van der Waals surface area contributed by atoms with Gasteiger partial charge in [-0.1, -0.05) is 84.2 Å². The summed E-state index contributed by atoms with van der Waals surface area (Å²) in [6, 6.07) is 22.6. The number of nitrogens with one attached hydrogen (secondary N) is 1. The second kappa shape index (κ2) is 14.5. The Morgan fingerprint density at radius 2 is 1.59 bits per heavy atom. The molecule has 0 saturated heterocycles. The summed E-state index contributed by atoms with van der Waals surface area (Å²) >= 11 is 14.6. The number of carbonyl (C=O) groups excluding carboxylic acids is 2. The number of hydrogen-bond donors (Lipinski definition) is 1. The molecule has 2 atom stereocenters. The van der Waals surface area contributed by atoms with Crippen molar-refractivity contribution in [2.45, 2.75) is 63.6 Å². The first-order valence-corrected chi connectivity index (χ1v) is 14.3. The third-order valence-electron chi connectivity index (χ3n) is 6.27. The fourth-order valence-electron chi connectivity index (χ4n) is 3.88. The SMILES string of the molecule is CC[C@H](C)NC(=O)[C@H](Cc1ccccc1)N(Cc1c(Cl)cccc1Cl)C(=O)CCSc1ccc(C)cc1. The molecule has 0 radical (unpaired) electrons. The zero-order valence-corrected chi connectivity index (χ0v) is 23.9. The van der Waals surface area contributed by atoms with Crippen molar-refractivity contribution in [2.24, 2.45) is 0 Å². The quantitative estimate of drug-likeness (QED) is 0.237. The molecule has 0 heterocycles. The Hall–Kier alpha value is -2.47. The highest BCUT2D eigenvalue weighted by Crippen LogP contribution is 2.28. The Bertz CT molecular complexity index is 1150. The number of hydrogen-bond acceptors (Lipinski definition) is 3. The smallest absolute Gasteiger partial charge is 0.243 e. The van der Waals surface area contributed by atoms with Crippen molar-refractivity contribution in [1.82, 2.24) is 10.2 Å². The molecule has 3 rings (SSSR count). The van der Waals surface area contributed by atoms with Crippen molar-refractivity contribution in [1.29, 1.82) is 0 Å². The van der Waals surface area contributed by atoms with Gasteiger partial charge in [0, 0.05) is 51.7 Å². The lowest BCUT2D eigenvalue weighted by atomic mass is 10.0. The normalized spacial score (nSPS) is 12.6. The van der Waals surface area contributed by atoms with Gasteiger partial charge in [0.05, 0.1) is 0 Å². The number of amides is 2. The molecular weight excluding hydrogens is 523 g/mol. The van der Waals surface area contributed by atoms with Crippen LogP contribution in [0.1, 0.15) is 43.4 Å². The van der Waals surface area contributed by atoms with Crippen molar-refractivity contribution in [3.8, 4) is 0 Å². The van der Waals surface area contributed by atoms with Gasteiger partial charge in [0.1, 0.15) is 6.04 Å². The lowest BCUT2D eigenvalue weighted by Gasteiger charge is -2.33. The second-order valence-electron chi connectivity index (χ2n) is 9.16. The lowest BCUT2D eigenvalue weighted by molar-refractivity contribution is -0.141. The van der Waals surface area contributed by atoms with Gasteiger partial charge in [-0.2, -0.15) is 0 Å². The van der Waals surface area contributed by atoms with E-state index in [9.17, 15) is 9.59 Å². The summed E-state index contributed by atoms with van der Waals surface area (Å²) in [5.41, 5.74) is 2.81. The highest BCUT2D eigenvalue weighted by Gasteiger charge is 2.31. The maximum atomic E-state index is 13.8. The van der Waals surface area contributed by atoms with Crippen LogP contribution < -0.4 is 5.32 Å². The van der Waals surface area contributed by atoms with Crippen LogP contribution in [-0.2, 0) is 22.6 Å². The summed E-state index contributed by atoms with van der Waals surface area (Å²) in [6.45, 7) is 6.18. The van der Waals surface area contributed by atoms with Gasteiger partial charge in [-0.25, -0.2) is 0 Å². The van der Waals surface area contributed by atoms with Gasteiger partial charge in [-0.15, -0.1) is 11.8 Å². The van der Waals surface area contributed by atoms with Gasteiger partial charge >= 0.3 is 0 Å². The first-order valence-electron chi connectivity index (χ1n) is 12.5. The molecule has 196 valence electrons. The van der Waals surface area contributed by atoms with Crippen LogP contribution in [0.3, 0.4) is 0 Å². The zero-order valence-electron chi connectivity index (χ0n) is 21.5. The van der Waals surface area contributed by atoms with Gasteiger partial charge in [0.2, 0.25) is 11.8 Å². The van der Waals surface area contributed by atoms with E-state index in [4.69, 9.17) is 23.2 Å². The predicted octanol–water partition coefficient (Wildman–Crippen LogP) is 7.34. The number of thioether (sulfide) groups is 1. The summed E-state index contributed by atoms with van der Waals surface area (Å²) in [5.74, 6) is 0.302. The minimum atomic E-state index is -0.708. The Balaban J connectivity index is 1.90. The van der Waals surface area contributed by atoms with Crippen molar-refractivity contribution in [2.75, 3.05) is 5.75 Å². The lowest BCUT2D eigenvalue weighted by Crippen LogP contribution is -2.52. The Morgan fingerprint density at radius 1 is 0.946 bits per heavy atom. The third kappa shape index (κ3) is 8.80. The molecule has 1 N–H and O–H groups in total. The van der Waals surface area contributed by atoms with Crippen LogP contribution in [0.15, 0.2) is 77.7 Å². The molecule has 0 saturated carbocycles. The molecule has 0 spiro atoms. The standard InChI is InChI=1S/C30H34Cl2N2O2S/c1-4-22(3)33-30(36)28(19-23-9-6-5-7-10-23)34(20-25-26(31)11-8-12-27(25)32)29(35)17-18-37-24-15-13-21(2)14-16-24/h5-16,22,28H,4,17-20H2,1-3H3,(H,33,36)/t22-,28-/m0/s1. The Kier molecular flexibility index (Phi) is 11.4. The summed E-state index contributed by atoms with van der Waals surface area (Å²) in [4.78, 5) is 30.1. The van der Waals surface area contributed by atoms with Gasteiger partial charge in [0.15, 0.2) is 0 Å². The van der Waals surface area contributed by atoms with Crippen LogP contribution >= 0.6 is 35.0 Å². The topological polar surface area (TPSA) is 49.4 Å². The van der Waals surface area contributed by atoms with E-state index in [1.807, 2.05) is 51.1 Å². The number of halogens is 2. The molecule has 0 aromatic heterocycles. The molecule has 0 aliphatic carbocycles. The fraction of sp³-hybridized carbons (Fsp3) is 0.333. The summed E-state index contributed by atoms with van der Waals surface area (Å²) in [6.07, 6.45) is 1.46. The van der Waals surface area contributed by atoms with E-state index >= 15 is 0 Å². The molecule has 0 unspecified atom stereocenters. The first-order chi connectivity index (χ1) is 17.8. The van der Waals surface area contributed by atoms with Crippen LogP contribution in [0.4, 0.5) is 0 Å². The van der Waals surface area contributed by atoms with Crippen molar-refractivity contribution >= 4 is 46.8 Å². The summed E-state index contributed by atoms with van der Waals surface area (Å²) < 4.78 is 0. The molecule has 0 aliphatic rings. The number of aryl methyl sites for hydroxylation is 1. The average Bonchev–Trinajstić information content (AvgIpc) is 2.89. The van der Waals surface area contributed by atoms with Crippen molar-refractivity contribution < 1.29 is 9.59 Å². The first kappa shape index (κ1) is 29.1. The molecule has 7 heteroatoms. The Morgan fingerprint density at radius 3 is 2.22 bits per heavy atom. The molecule has 4 nitrogen and oxygen atoms in total. The Labute approximate surface area is 234 Å². The van der Waals surface area contributed by atoms with Crippen LogP contribution in [0.5, 0.6) is 0 Å². The van der Waals surface area contributed by atoms with E-state index in [1.165, 1.54) is 5.56 Å². The molecule has 0 bridgehead atoms. The number of carbonyl (C=O) groups is 2. The van der Waals surface area contributed by atoms with Crippen molar-refractivity contribution in [3.05, 3.63) is 99.5 Å².